The topological polar surface area (TPSA) is 39.7 Å². The van der Waals surface area contributed by atoms with E-state index in [1.54, 1.807) is 7.11 Å². The van der Waals surface area contributed by atoms with Crippen LogP contribution in [0.3, 0.4) is 0 Å². The molecule has 1 aromatic rings. The quantitative estimate of drug-likeness (QED) is 0.909. The Hall–Kier alpha value is -0.940. The fourth-order valence-electron chi connectivity index (χ4n) is 2.50. The Kier molecular flexibility index (Phi) is 2.88. The molecule has 1 atom stereocenters. The zero-order chi connectivity index (χ0) is 11.8. The first-order chi connectivity index (χ1) is 8.31. The van der Waals surface area contributed by atoms with Gasteiger partial charge in [0, 0.05) is 24.1 Å². The smallest absolute Gasteiger partial charge is 0.231 e. The second-order valence-corrected chi connectivity index (χ2v) is 5.08. The molecule has 92 valence electrons. The maximum Gasteiger partial charge on any atom is 0.231 e. The Bertz CT molecular complexity index is 440. The highest BCUT2D eigenvalue weighted by Gasteiger charge is 2.31. The summed E-state index contributed by atoms with van der Waals surface area (Å²) in [7, 11) is 1.69. The minimum atomic E-state index is 0.294. The predicted octanol–water partition coefficient (Wildman–Crippen LogP) is 2.26. The lowest BCUT2D eigenvalue weighted by Gasteiger charge is -2.17. The number of methoxy groups -OCH3 is 1. The Morgan fingerprint density at radius 2 is 2.35 bits per heavy atom. The first kappa shape index (κ1) is 11.2. The Morgan fingerprint density at radius 3 is 3.06 bits per heavy atom. The van der Waals surface area contributed by atoms with Gasteiger partial charge in [0.05, 0.1) is 11.6 Å². The van der Waals surface area contributed by atoms with Crippen LogP contribution in [-0.2, 0) is 0 Å². The van der Waals surface area contributed by atoms with Crippen LogP contribution in [0.15, 0.2) is 10.5 Å². The van der Waals surface area contributed by atoms with E-state index in [2.05, 4.69) is 21.2 Å². The van der Waals surface area contributed by atoms with Crippen LogP contribution >= 0.6 is 15.9 Å². The summed E-state index contributed by atoms with van der Waals surface area (Å²) in [5.41, 5.74) is 1.12. The molecule has 1 aromatic carbocycles. The van der Waals surface area contributed by atoms with Gasteiger partial charge < -0.3 is 19.5 Å². The van der Waals surface area contributed by atoms with Gasteiger partial charge in [0.15, 0.2) is 11.5 Å². The number of nitrogens with one attached hydrogen (secondary N) is 1. The Balaban J connectivity index is 2.15. The summed E-state index contributed by atoms with van der Waals surface area (Å²) >= 11 is 3.53. The lowest BCUT2D eigenvalue weighted by Crippen LogP contribution is -2.09. The highest BCUT2D eigenvalue weighted by atomic mass is 79.9. The largest absolute Gasteiger partial charge is 0.495 e. The maximum atomic E-state index is 5.59. The van der Waals surface area contributed by atoms with Gasteiger partial charge in [-0.2, -0.15) is 0 Å². The number of halogens is 1. The van der Waals surface area contributed by atoms with E-state index in [9.17, 15) is 0 Å². The summed E-state index contributed by atoms with van der Waals surface area (Å²) in [6, 6.07) is 1.91. The SMILES string of the molecule is COc1c(Br)cc2c(c1C1CCNC1)OCO2. The van der Waals surface area contributed by atoms with Gasteiger partial charge in [-0.15, -0.1) is 0 Å². The summed E-state index contributed by atoms with van der Waals surface area (Å²) in [6.45, 7) is 2.29. The van der Waals surface area contributed by atoms with E-state index in [0.717, 1.165) is 46.8 Å². The van der Waals surface area contributed by atoms with E-state index >= 15 is 0 Å². The molecule has 2 heterocycles. The van der Waals surface area contributed by atoms with Crippen LogP contribution < -0.4 is 19.5 Å². The number of ether oxygens (including phenoxy) is 3. The van der Waals surface area contributed by atoms with Crippen molar-refractivity contribution in [2.75, 3.05) is 27.0 Å². The molecular weight excluding hydrogens is 286 g/mol. The minimum Gasteiger partial charge on any atom is -0.495 e. The molecule has 0 aromatic heterocycles. The highest BCUT2D eigenvalue weighted by Crippen LogP contribution is 2.49. The summed E-state index contributed by atoms with van der Waals surface area (Å²) in [5, 5.41) is 3.37. The van der Waals surface area contributed by atoms with Crippen molar-refractivity contribution in [3.8, 4) is 17.2 Å². The average Bonchev–Trinajstić information content (AvgIpc) is 2.97. The van der Waals surface area contributed by atoms with Gasteiger partial charge in [-0.1, -0.05) is 0 Å². The molecule has 17 heavy (non-hydrogen) atoms. The van der Waals surface area contributed by atoms with Crippen molar-refractivity contribution in [1.29, 1.82) is 0 Å². The van der Waals surface area contributed by atoms with Gasteiger partial charge in [-0.05, 0) is 28.9 Å². The van der Waals surface area contributed by atoms with E-state index < -0.39 is 0 Å². The second-order valence-electron chi connectivity index (χ2n) is 4.23. The van der Waals surface area contributed by atoms with Crippen molar-refractivity contribution < 1.29 is 14.2 Å². The van der Waals surface area contributed by atoms with Gasteiger partial charge in [0.25, 0.3) is 0 Å². The molecule has 5 heteroatoms. The van der Waals surface area contributed by atoms with Gasteiger partial charge in [0.1, 0.15) is 5.75 Å². The number of hydrogen-bond acceptors (Lipinski definition) is 4. The molecule has 1 saturated heterocycles. The first-order valence-electron chi connectivity index (χ1n) is 5.68. The summed E-state index contributed by atoms with van der Waals surface area (Å²) < 4.78 is 17.5. The van der Waals surface area contributed by atoms with Crippen LogP contribution in [0.4, 0.5) is 0 Å². The molecule has 0 saturated carbocycles. The molecule has 0 bridgehead atoms. The lowest BCUT2D eigenvalue weighted by atomic mass is 9.96. The van der Waals surface area contributed by atoms with Crippen LogP contribution in [0, 0.1) is 0 Å². The number of benzene rings is 1. The molecule has 2 aliphatic rings. The maximum absolute atomic E-state index is 5.59. The first-order valence-corrected chi connectivity index (χ1v) is 6.47. The number of hydrogen-bond donors (Lipinski definition) is 1. The monoisotopic (exact) mass is 299 g/mol. The van der Waals surface area contributed by atoms with Crippen molar-refractivity contribution in [2.45, 2.75) is 12.3 Å². The van der Waals surface area contributed by atoms with Crippen molar-refractivity contribution in [3.05, 3.63) is 16.1 Å². The van der Waals surface area contributed by atoms with Crippen LogP contribution in [0.5, 0.6) is 17.2 Å². The molecule has 2 aliphatic heterocycles. The minimum absolute atomic E-state index is 0.294. The van der Waals surface area contributed by atoms with Crippen LogP contribution in [0.25, 0.3) is 0 Å². The molecule has 4 nitrogen and oxygen atoms in total. The Morgan fingerprint density at radius 1 is 1.47 bits per heavy atom. The summed E-state index contributed by atoms with van der Waals surface area (Å²) in [6.07, 6.45) is 1.10. The van der Waals surface area contributed by atoms with Gasteiger partial charge >= 0.3 is 0 Å². The zero-order valence-corrected chi connectivity index (χ0v) is 11.2. The molecule has 0 amide bonds. The van der Waals surface area contributed by atoms with E-state index in [0.29, 0.717) is 12.7 Å². The highest BCUT2D eigenvalue weighted by molar-refractivity contribution is 9.10. The Labute approximate surface area is 108 Å². The summed E-state index contributed by atoms with van der Waals surface area (Å²) in [4.78, 5) is 0. The lowest BCUT2D eigenvalue weighted by molar-refractivity contribution is 0.173. The fourth-order valence-corrected chi connectivity index (χ4v) is 3.08. The summed E-state index contributed by atoms with van der Waals surface area (Å²) in [5.74, 6) is 2.94. The molecule has 0 aliphatic carbocycles. The van der Waals surface area contributed by atoms with E-state index in [-0.39, 0.29) is 0 Å². The van der Waals surface area contributed by atoms with Gasteiger partial charge in [-0.25, -0.2) is 0 Å². The van der Waals surface area contributed by atoms with E-state index in [1.807, 2.05) is 6.07 Å². The van der Waals surface area contributed by atoms with Gasteiger partial charge in [0.2, 0.25) is 6.79 Å². The van der Waals surface area contributed by atoms with Crippen molar-refractivity contribution in [1.82, 2.24) is 5.32 Å². The van der Waals surface area contributed by atoms with Crippen molar-refractivity contribution >= 4 is 15.9 Å². The van der Waals surface area contributed by atoms with Crippen LogP contribution in [0.1, 0.15) is 17.9 Å². The van der Waals surface area contributed by atoms with Crippen molar-refractivity contribution in [3.63, 3.8) is 0 Å². The molecule has 0 spiro atoms. The zero-order valence-electron chi connectivity index (χ0n) is 9.59. The molecule has 3 rings (SSSR count). The molecule has 0 radical (unpaired) electrons. The number of fused-ring (bicyclic) bond motifs is 1. The average molecular weight is 300 g/mol. The standard InChI is InChI=1S/C12H14BrNO3/c1-15-11-8(13)4-9-12(17-6-16-9)10(11)7-2-3-14-5-7/h4,7,14H,2-3,5-6H2,1H3. The van der Waals surface area contributed by atoms with Gasteiger partial charge in [-0.3, -0.25) is 0 Å². The van der Waals surface area contributed by atoms with Crippen molar-refractivity contribution in [2.24, 2.45) is 0 Å². The van der Waals surface area contributed by atoms with E-state index in [4.69, 9.17) is 14.2 Å². The third-order valence-electron chi connectivity index (χ3n) is 3.28. The fraction of sp³-hybridized carbons (Fsp3) is 0.500. The molecule has 1 fully saturated rings. The second kappa shape index (κ2) is 4.38. The van der Waals surface area contributed by atoms with E-state index in [1.165, 1.54) is 0 Å². The van der Waals surface area contributed by atoms with Crippen LogP contribution in [-0.4, -0.2) is 27.0 Å². The third-order valence-corrected chi connectivity index (χ3v) is 3.87. The number of rotatable bonds is 2. The predicted molar refractivity (Wildman–Crippen MR) is 67.0 cm³/mol. The van der Waals surface area contributed by atoms with Crippen LogP contribution in [0.2, 0.25) is 0 Å². The normalized spacial score (nSPS) is 21.9. The molecule has 1 N–H and O–H groups in total. The molecular formula is C12H14BrNO3. The molecule has 1 unspecified atom stereocenters. The third kappa shape index (κ3) is 1.77.